The zero-order valence-corrected chi connectivity index (χ0v) is 10.2. The van der Waals surface area contributed by atoms with Gasteiger partial charge in [0.05, 0.1) is 13.2 Å². The van der Waals surface area contributed by atoms with Gasteiger partial charge in [-0.25, -0.2) is 4.79 Å². The molecule has 1 aromatic rings. The molecule has 19 heavy (non-hydrogen) atoms. The Morgan fingerprint density at radius 2 is 2.32 bits per heavy atom. The highest BCUT2D eigenvalue weighted by molar-refractivity contribution is 5.09. The summed E-state index contributed by atoms with van der Waals surface area (Å²) in [6, 6.07) is 0. The number of hydrogen-bond donors (Lipinski definition) is 3. The number of aromatic amines is 1. The Kier molecular flexibility index (Phi) is 2.65. The van der Waals surface area contributed by atoms with E-state index in [0.717, 1.165) is 0 Å². The third kappa shape index (κ3) is 1.61. The van der Waals surface area contributed by atoms with Crippen molar-refractivity contribution < 1.29 is 19.7 Å². The molecule has 0 radical (unpaired) electrons. The van der Waals surface area contributed by atoms with Gasteiger partial charge in [0.15, 0.2) is 6.23 Å². The second-order valence-electron chi connectivity index (χ2n) is 4.93. The standard InChI is InChI=1S/C11H14N2O6/c1-5-2-13(10(17)12-8(5)16)9-6-7(15)11(3-14,19-9)4-18-6/h2,6-7,9,14-15H,3-4H2,1H3,(H,12,16,17). The smallest absolute Gasteiger partial charge is 0.330 e. The van der Waals surface area contributed by atoms with E-state index >= 15 is 0 Å². The fraction of sp³-hybridized carbons (Fsp3) is 0.636. The molecular formula is C11H14N2O6. The predicted octanol–water partition coefficient (Wildman–Crippen LogP) is -2.14. The molecule has 2 saturated heterocycles. The third-order valence-corrected chi connectivity index (χ3v) is 3.69. The molecule has 0 aromatic carbocycles. The zero-order valence-electron chi connectivity index (χ0n) is 10.2. The van der Waals surface area contributed by atoms with Crippen LogP contribution in [0.25, 0.3) is 0 Å². The van der Waals surface area contributed by atoms with E-state index in [-0.39, 0.29) is 6.61 Å². The molecular weight excluding hydrogens is 256 g/mol. The van der Waals surface area contributed by atoms with Gasteiger partial charge in [-0.15, -0.1) is 0 Å². The van der Waals surface area contributed by atoms with E-state index in [9.17, 15) is 19.8 Å². The van der Waals surface area contributed by atoms with Crippen molar-refractivity contribution in [3.05, 3.63) is 32.6 Å². The second kappa shape index (κ2) is 4.01. The summed E-state index contributed by atoms with van der Waals surface area (Å²) in [5, 5.41) is 19.4. The van der Waals surface area contributed by atoms with Crippen LogP contribution in [0.1, 0.15) is 11.8 Å². The fourth-order valence-corrected chi connectivity index (χ4v) is 2.53. The molecule has 2 fully saturated rings. The van der Waals surface area contributed by atoms with Crippen LogP contribution in [0.3, 0.4) is 0 Å². The van der Waals surface area contributed by atoms with Crippen LogP contribution in [0.2, 0.25) is 0 Å². The number of ether oxygens (including phenoxy) is 2. The van der Waals surface area contributed by atoms with Gasteiger partial charge in [-0.05, 0) is 6.92 Å². The first kappa shape index (κ1) is 12.5. The van der Waals surface area contributed by atoms with Crippen molar-refractivity contribution in [2.45, 2.75) is 31.0 Å². The van der Waals surface area contributed by atoms with Crippen LogP contribution in [0.4, 0.5) is 0 Å². The van der Waals surface area contributed by atoms with Gasteiger partial charge in [-0.1, -0.05) is 0 Å². The first-order valence-electron chi connectivity index (χ1n) is 5.89. The number of aryl methyl sites for hydroxylation is 1. The minimum absolute atomic E-state index is 0.0723. The molecule has 0 saturated carbocycles. The summed E-state index contributed by atoms with van der Waals surface area (Å²) in [5.41, 5.74) is -1.96. The number of aromatic nitrogens is 2. The van der Waals surface area contributed by atoms with E-state index in [1.165, 1.54) is 10.8 Å². The number of rotatable bonds is 2. The highest BCUT2D eigenvalue weighted by Gasteiger charge is 2.61. The van der Waals surface area contributed by atoms with E-state index in [4.69, 9.17) is 9.47 Å². The molecule has 1 aromatic heterocycles. The topological polar surface area (TPSA) is 114 Å². The van der Waals surface area contributed by atoms with Crippen LogP contribution in [-0.4, -0.2) is 50.8 Å². The van der Waals surface area contributed by atoms with E-state index in [1.807, 2.05) is 0 Å². The highest BCUT2D eigenvalue weighted by Crippen LogP contribution is 2.44. The maximum atomic E-state index is 11.8. The number of aliphatic hydroxyl groups is 2. The number of aliphatic hydroxyl groups excluding tert-OH is 2. The molecule has 0 aliphatic carbocycles. The fourth-order valence-electron chi connectivity index (χ4n) is 2.53. The van der Waals surface area contributed by atoms with E-state index in [1.54, 1.807) is 6.92 Å². The van der Waals surface area contributed by atoms with E-state index in [2.05, 4.69) is 4.98 Å². The van der Waals surface area contributed by atoms with E-state index < -0.39 is 41.9 Å². The van der Waals surface area contributed by atoms with Crippen LogP contribution < -0.4 is 11.2 Å². The normalized spacial score (nSPS) is 36.9. The number of fused-ring (bicyclic) bond motifs is 2. The number of hydrogen-bond acceptors (Lipinski definition) is 6. The molecule has 3 heterocycles. The lowest BCUT2D eigenvalue weighted by molar-refractivity contribution is -0.187. The maximum absolute atomic E-state index is 11.8. The van der Waals surface area contributed by atoms with Crippen LogP contribution in [0, 0.1) is 6.92 Å². The second-order valence-corrected chi connectivity index (χ2v) is 4.93. The number of nitrogens with one attached hydrogen (secondary N) is 1. The molecule has 2 aliphatic heterocycles. The van der Waals surface area contributed by atoms with E-state index in [0.29, 0.717) is 5.56 Å². The van der Waals surface area contributed by atoms with Gasteiger partial charge in [-0.3, -0.25) is 14.3 Å². The molecule has 4 unspecified atom stereocenters. The molecule has 3 rings (SSSR count). The van der Waals surface area contributed by atoms with Gasteiger partial charge < -0.3 is 19.7 Å². The van der Waals surface area contributed by atoms with Crippen molar-refractivity contribution in [3.8, 4) is 0 Å². The summed E-state index contributed by atoms with van der Waals surface area (Å²) < 4.78 is 12.1. The van der Waals surface area contributed by atoms with Crippen molar-refractivity contribution in [2.24, 2.45) is 0 Å². The molecule has 8 heteroatoms. The van der Waals surface area contributed by atoms with Crippen LogP contribution in [0.5, 0.6) is 0 Å². The number of nitrogens with zero attached hydrogens (tertiary/aromatic N) is 1. The Morgan fingerprint density at radius 3 is 2.95 bits per heavy atom. The van der Waals surface area contributed by atoms with Gasteiger partial charge in [0.2, 0.25) is 0 Å². The summed E-state index contributed by atoms with van der Waals surface area (Å²) in [4.78, 5) is 25.3. The van der Waals surface area contributed by atoms with Crippen molar-refractivity contribution in [1.82, 2.24) is 9.55 Å². The lowest BCUT2D eigenvalue weighted by Gasteiger charge is -2.29. The largest absolute Gasteiger partial charge is 0.393 e. The van der Waals surface area contributed by atoms with Crippen molar-refractivity contribution >= 4 is 0 Å². The monoisotopic (exact) mass is 270 g/mol. The molecule has 4 atom stereocenters. The van der Waals surface area contributed by atoms with Gasteiger partial charge >= 0.3 is 5.69 Å². The van der Waals surface area contributed by atoms with Crippen molar-refractivity contribution in [2.75, 3.05) is 13.2 Å². The van der Waals surface area contributed by atoms with Gasteiger partial charge in [0.25, 0.3) is 5.56 Å². The van der Waals surface area contributed by atoms with Crippen LogP contribution in [-0.2, 0) is 9.47 Å². The lowest BCUT2D eigenvalue weighted by atomic mass is 10.0. The average molecular weight is 270 g/mol. The Morgan fingerprint density at radius 1 is 1.58 bits per heavy atom. The summed E-state index contributed by atoms with van der Waals surface area (Å²) in [7, 11) is 0. The molecule has 8 nitrogen and oxygen atoms in total. The van der Waals surface area contributed by atoms with Crippen molar-refractivity contribution in [1.29, 1.82) is 0 Å². The molecule has 0 amide bonds. The van der Waals surface area contributed by atoms with Gasteiger partial charge in [0.1, 0.15) is 17.8 Å². The van der Waals surface area contributed by atoms with Gasteiger partial charge in [0, 0.05) is 11.8 Å². The minimum atomic E-state index is -1.20. The Bertz CT molecular complexity index is 622. The summed E-state index contributed by atoms with van der Waals surface area (Å²) in [6.45, 7) is 1.22. The molecule has 0 spiro atoms. The predicted molar refractivity (Wildman–Crippen MR) is 61.7 cm³/mol. The zero-order chi connectivity index (χ0) is 13.8. The first-order valence-corrected chi connectivity index (χ1v) is 5.89. The summed E-state index contributed by atoms with van der Waals surface area (Å²) in [5.74, 6) is 0. The third-order valence-electron chi connectivity index (χ3n) is 3.69. The minimum Gasteiger partial charge on any atom is -0.393 e. The quantitative estimate of drug-likeness (QED) is 0.565. The summed E-state index contributed by atoms with van der Waals surface area (Å²) in [6.07, 6.45) is -1.26. The number of H-pyrrole nitrogens is 1. The Labute approximate surface area is 107 Å². The first-order chi connectivity index (χ1) is 8.98. The molecule has 2 bridgehead atoms. The van der Waals surface area contributed by atoms with Crippen LogP contribution >= 0.6 is 0 Å². The van der Waals surface area contributed by atoms with Crippen LogP contribution in [0.15, 0.2) is 15.8 Å². The van der Waals surface area contributed by atoms with Gasteiger partial charge in [-0.2, -0.15) is 0 Å². The van der Waals surface area contributed by atoms with Crippen molar-refractivity contribution in [3.63, 3.8) is 0 Å². The molecule has 104 valence electrons. The average Bonchev–Trinajstić information content (AvgIpc) is 2.85. The SMILES string of the molecule is Cc1cn(C2OC3(CO)COC2C3O)c(=O)[nH]c1=O. The molecule has 2 aliphatic rings. The summed E-state index contributed by atoms with van der Waals surface area (Å²) >= 11 is 0. The Balaban J connectivity index is 2.04. The maximum Gasteiger partial charge on any atom is 0.330 e. The molecule has 3 N–H and O–H groups in total. The Hall–Kier alpha value is -1.48. The highest BCUT2D eigenvalue weighted by atomic mass is 16.7. The lowest BCUT2D eigenvalue weighted by Crippen LogP contribution is -2.44.